The van der Waals surface area contributed by atoms with E-state index in [0.29, 0.717) is 40.7 Å². The molecule has 0 aliphatic carbocycles. The zero-order chi connectivity index (χ0) is 23.4. The number of rotatable bonds is 6. The van der Waals surface area contributed by atoms with Gasteiger partial charge in [-0.15, -0.1) is 0 Å². The van der Waals surface area contributed by atoms with E-state index >= 15 is 0 Å². The lowest BCUT2D eigenvalue weighted by molar-refractivity contribution is -0.129. The number of nitrogens with one attached hydrogen (secondary N) is 1. The molecule has 1 N–H and O–H groups in total. The molecule has 1 atom stereocenters. The third kappa shape index (κ3) is 5.78. The fraction of sp³-hybridized carbons (Fsp3) is 0.458. The molecule has 0 saturated carbocycles. The number of piperidine rings is 1. The molecule has 2 saturated heterocycles. The molecule has 0 radical (unpaired) electrons. The predicted octanol–water partition coefficient (Wildman–Crippen LogP) is 3.61. The minimum Gasteiger partial charge on any atom is -0.495 e. The zero-order valence-corrected chi connectivity index (χ0v) is 20.1. The third-order valence-electron chi connectivity index (χ3n) is 6.59. The molecule has 1 unspecified atom stereocenters. The number of amides is 2. The van der Waals surface area contributed by atoms with E-state index in [1.165, 1.54) is 11.6 Å². The topological polar surface area (TPSA) is 74.8 Å². The second kappa shape index (κ2) is 10.7. The van der Waals surface area contributed by atoms with Gasteiger partial charge in [-0.25, -0.2) is 0 Å². The zero-order valence-electron chi connectivity index (χ0n) is 18.6. The van der Waals surface area contributed by atoms with Crippen molar-refractivity contribution in [2.24, 2.45) is 0 Å². The lowest BCUT2D eigenvalue weighted by Crippen LogP contribution is -2.44. The Morgan fingerprint density at radius 2 is 1.88 bits per heavy atom. The van der Waals surface area contributed by atoms with Crippen LogP contribution in [0.4, 0.5) is 0 Å². The van der Waals surface area contributed by atoms with Crippen LogP contribution in [0.5, 0.6) is 5.75 Å². The summed E-state index contributed by atoms with van der Waals surface area (Å²) < 4.78 is 5.30. The molecule has 2 amide bonds. The fourth-order valence-corrected chi connectivity index (χ4v) is 4.94. The van der Waals surface area contributed by atoms with Crippen molar-refractivity contribution >= 4 is 35.0 Å². The summed E-state index contributed by atoms with van der Waals surface area (Å²) in [6, 6.07) is 7.10. The average molecular weight is 491 g/mol. The number of nitrogens with zero attached hydrogens (tertiary/aromatic N) is 3. The minimum atomic E-state index is -0.341. The van der Waals surface area contributed by atoms with E-state index < -0.39 is 0 Å². The molecule has 2 fully saturated rings. The highest BCUT2D eigenvalue weighted by atomic mass is 35.5. The second-order valence-electron chi connectivity index (χ2n) is 8.56. The van der Waals surface area contributed by atoms with Crippen LogP contribution in [0.25, 0.3) is 0 Å². The van der Waals surface area contributed by atoms with Crippen LogP contribution in [0.1, 0.15) is 41.1 Å². The Kier molecular flexibility index (Phi) is 7.73. The molecule has 0 bridgehead atoms. The summed E-state index contributed by atoms with van der Waals surface area (Å²) >= 11 is 11.9. The standard InChI is InChI=1S/C24H28Cl2N4O3/c1-33-20-10-18(12-27-13-20)16-4-7-29(8-5-16)19-6-9-30(15-19)23(31)14-28-24(32)17-2-3-21(25)22(26)11-17/h2-3,10-13,16,19H,4-9,14-15H2,1H3,(H,28,32). The van der Waals surface area contributed by atoms with Gasteiger partial charge in [-0.2, -0.15) is 0 Å². The molecule has 7 nitrogen and oxygen atoms in total. The number of pyridine rings is 1. The summed E-state index contributed by atoms with van der Waals surface area (Å²) in [4.78, 5) is 33.6. The van der Waals surface area contributed by atoms with Gasteiger partial charge in [0.15, 0.2) is 0 Å². The summed E-state index contributed by atoms with van der Waals surface area (Å²) in [6.07, 6.45) is 6.76. The first-order chi connectivity index (χ1) is 15.9. The Morgan fingerprint density at radius 3 is 2.61 bits per heavy atom. The molecule has 0 spiro atoms. The number of benzene rings is 1. The number of aromatic nitrogens is 1. The van der Waals surface area contributed by atoms with Crippen molar-refractivity contribution in [3.8, 4) is 5.75 Å². The van der Waals surface area contributed by atoms with Crippen molar-refractivity contribution in [2.75, 3.05) is 39.8 Å². The molecule has 2 aromatic rings. The molecule has 1 aromatic heterocycles. The van der Waals surface area contributed by atoms with Gasteiger partial charge in [0.2, 0.25) is 5.91 Å². The van der Waals surface area contributed by atoms with Crippen molar-refractivity contribution in [2.45, 2.75) is 31.2 Å². The molecule has 176 valence electrons. The number of ether oxygens (including phenoxy) is 1. The summed E-state index contributed by atoms with van der Waals surface area (Å²) in [6.45, 7) is 3.39. The van der Waals surface area contributed by atoms with Crippen molar-refractivity contribution < 1.29 is 14.3 Å². The second-order valence-corrected chi connectivity index (χ2v) is 9.38. The number of hydrogen-bond acceptors (Lipinski definition) is 5. The SMILES string of the molecule is COc1cncc(C2CCN(C3CCN(C(=O)CNC(=O)c4ccc(Cl)c(Cl)c4)C3)CC2)c1. The highest BCUT2D eigenvalue weighted by Gasteiger charge is 2.33. The first-order valence-electron chi connectivity index (χ1n) is 11.2. The number of likely N-dealkylation sites (tertiary alicyclic amines) is 2. The number of methoxy groups -OCH3 is 1. The van der Waals surface area contributed by atoms with Crippen molar-refractivity contribution in [3.63, 3.8) is 0 Å². The Morgan fingerprint density at radius 1 is 1.09 bits per heavy atom. The van der Waals surface area contributed by atoms with Gasteiger partial charge in [-0.1, -0.05) is 23.2 Å². The van der Waals surface area contributed by atoms with Crippen molar-refractivity contribution in [1.29, 1.82) is 0 Å². The maximum atomic E-state index is 12.7. The number of hydrogen-bond donors (Lipinski definition) is 1. The van der Waals surface area contributed by atoms with Gasteiger partial charge in [0.1, 0.15) is 5.75 Å². The lowest BCUT2D eigenvalue weighted by atomic mass is 9.89. The molecule has 4 rings (SSSR count). The van der Waals surface area contributed by atoms with Crippen molar-refractivity contribution in [1.82, 2.24) is 20.1 Å². The maximum Gasteiger partial charge on any atom is 0.251 e. The number of carbonyl (C=O) groups excluding carboxylic acids is 2. The normalized spacial score (nSPS) is 19.5. The van der Waals surface area contributed by atoms with Gasteiger partial charge < -0.3 is 15.0 Å². The van der Waals surface area contributed by atoms with E-state index in [1.54, 1.807) is 25.4 Å². The van der Waals surface area contributed by atoms with Crippen molar-refractivity contribution in [3.05, 3.63) is 57.8 Å². The molecular weight excluding hydrogens is 463 g/mol. The largest absolute Gasteiger partial charge is 0.495 e. The van der Waals surface area contributed by atoms with E-state index in [0.717, 1.165) is 38.1 Å². The Hall–Kier alpha value is -2.35. The highest BCUT2D eigenvalue weighted by molar-refractivity contribution is 6.42. The van der Waals surface area contributed by atoms with E-state index in [2.05, 4.69) is 21.3 Å². The Bertz CT molecular complexity index is 1010. The average Bonchev–Trinajstić information content (AvgIpc) is 3.34. The molecule has 3 heterocycles. The summed E-state index contributed by atoms with van der Waals surface area (Å²) in [5.41, 5.74) is 1.61. The van der Waals surface area contributed by atoms with E-state index in [-0.39, 0.29) is 18.4 Å². The number of halogens is 2. The molecule has 9 heteroatoms. The van der Waals surface area contributed by atoms with Crippen LogP contribution < -0.4 is 10.1 Å². The van der Waals surface area contributed by atoms with Crippen LogP contribution in [0, 0.1) is 0 Å². The lowest BCUT2D eigenvalue weighted by Gasteiger charge is -2.36. The van der Waals surface area contributed by atoms with Gasteiger partial charge in [0.05, 0.1) is 29.9 Å². The molecule has 33 heavy (non-hydrogen) atoms. The van der Waals surface area contributed by atoms with Gasteiger partial charge in [-0.05, 0) is 68.1 Å². The van der Waals surface area contributed by atoms with Crippen LogP contribution in [-0.2, 0) is 4.79 Å². The number of carbonyl (C=O) groups is 2. The van der Waals surface area contributed by atoms with Crippen LogP contribution in [-0.4, -0.2) is 72.5 Å². The molecule has 1 aromatic carbocycles. The first-order valence-corrected chi connectivity index (χ1v) is 11.9. The fourth-order valence-electron chi connectivity index (χ4n) is 4.64. The van der Waals surface area contributed by atoms with Crippen LogP contribution in [0.2, 0.25) is 10.0 Å². The summed E-state index contributed by atoms with van der Waals surface area (Å²) in [7, 11) is 1.66. The van der Waals surface area contributed by atoms with Gasteiger partial charge in [0.25, 0.3) is 5.91 Å². The third-order valence-corrected chi connectivity index (χ3v) is 7.32. The Balaban J connectivity index is 1.23. The summed E-state index contributed by atoms with van der Waals surface area (Å²) in [5, 5.41) is 3.38. The minimum absolute atomic E-state index is 0.0310. The Labute approximate surface area is 204 Å². The van der Waals surface area contributed by atoms with Crippen LogP contribution in [0.3, 0.4) is 0 Å². The van der Waals surface area contributed by atoms with E-state index in [1.807, 2.05) is 11.1 Å². The smallest absolute Gasteiger partial charge is 0.251 e. The highest BCUT2D eigenvalue weighted by Crippen LogP contribution is 2.31. The van der Waals surface area contributed by atoms with Crippen LogP contribution >= 0.6 is 23.2 Å². The molecular formula is C24H28Cl2N4O3. The van der Waals surface area contributed by atoms with E-state index in [9.17, 15) is 9.59 Å². The molecule has 2 aliphatic heterocycles. The van der Waals surface area contributed by atoms with E-state index in [4.69, 9.17) is 27.9 Å². The maximum absolute atomic E-state index is 12.7. The van der Waals surface area contributed by atoms with Gasteiger partial charge in [-0.3, -0.25) is 19.5 Å². The van der Waals surface area contributed by atoms with Crippen LogP contribution in [0.15, 0.2) is 36.7 Å². The van der Waals surface area contributed by atoms with Gasteiger partial charge >= 0.3 is 0 Å². The predicted molar refractivity (Wildman–Crippen MR) is 128 cm³/mol. The first kappa shape index (κ1) is 23.8. The molecule has 2 aliphatic rings. The summed E-state index contributed by atoms with van der Waals surface area (Å²) in [5.74, 6) is 0.876. The quantitative estimate of drug-likeness (QED) is 0.669. The van der Waals surface area contributed by atoms with Gasteiger partial charge in [0, 0.05) is 30.9 Å². The monoisotopic (exact) mass is 490 g/mol.